The van der Waals surface area contributed by atoms with E-state index >= 15 is 0 Å². The van der Waals surface area contributed by atoms with E-state index < -0.39 is 0 Å². The first kappa shape index (κ1) is 16.0. The van der Waals surface area contributed by atoms with E-state index in [1.165, 1.54) is 0 Å². The molecule has 0 amide bonds. The quantitative estimate of drug-likeness (QED) is 0.459. The Labute approximate surface area is 112 Å². The summed E-state index contributed by atoms with van der Waals surface area (Å²) >= 11 is 0. The van der Waals surface area contributed by atoms with Gasteiger partial charge in [0.1, 0.15) is 0 Å². The molecule has 0 nitrogen and oxygen atoms in total. The monoisotopic (exact) mass is 238 g/mol. The van der Waals surface area contributed by atoms with Crippen LogP contribution in [0.25, 0.3) is 0 Å². The molecule has 0 aromatic carbocycles. The first-order chi connectivity index (χ1) is 8.43. The second-order valence-corrected chi connectivity index (χ2v) is 4.21. The molecule has 0 atom stereocenters. The third-order valence-corrected chi connectivity index (χ3v) is 2.67. The predicted molar refractivity (Wildman–Crippen MR) is 83.2 cm³/mol. The van der Waals surface area contributed by atoms with Crippen molar-refractivity contribution in [1.82, 2.24) is 0 Å². The second kappa shape index (κ2) is 8.14. The fraction of sp³-hybridized carbons (Fsp3) is 0.222. The lowest BCUT2D eigenvalue weighted by molar-refractivity contribution is 1.35. The van der Waals surface area contributed by atoms with Crippen LogP contribution in [0.15, 0.2) is 71.4 Å². The molecular formula is C18H22. The third-order valence-electron chi connectivity index (χ3n) is 2.67. The molecular weight excluding hydrogens is 216 g/mol. The van der Waals surface area contributed by atoms with Gasteiger partial charge in [-0.3, -0.25) is 0 Å². The van der Waals surface area contributed by atoms with Crippen molar-refractivity contribution in [3.63, 3.8) is 0 Å². The molecule has 0 fully saturated rings. The topological polar surface area (TPSA) is 0 Å². The Bertz CT molecular complexity index is 483. The van der Waals surface area contributed by atoms with Gasteiger partial charge >= 0.3 is 0 Å². The highest BCUT2D eigenvalue weighted by Gasteiger charge is 2.00. The summed E-state index contributed by atoms with van der Waals surface area (Å²) in [7, 11) is 0. The van der Waals surface area contributed by atoms with Crippen molar-refractivity contribution in [3.8, 4) is 12.3 Å². The summed E-state index contributed by atoms with van der Waals surface area (Å²) < 4.78 is 0. The Hall–Kier alpha value is -2.00. The van der Waals surface area contributed by atoms with Crippen molar-refractivity contribution >= 4 is 0 Å². The number of allylic oxidation sites excluding steroid dienone is 10. The molecule has 94 valence electrons. The van der Waals surface area contributed by atoms with Crippen LogP contribution in [0.5, 0.6) is 0 Å². The minimum Gasteiger partial charge on any atom is -0.115 e. The van der Waals surface area contributed by atoms with Gasteiger partial charge in [0.05, 0.1) is 0 Å². The van der Waals surface area contributed by atoms with E-state index in [1.807, 2.05) is 58.1 Å². The van der Waals surface area contributed by atoms with Crippen LogP contribution in [0.3, 0.4) is 0 Å². The van der Waals surface area contributed by atoms with Crippen molar-refractivity contribution < 1.29 is 0 Å². The maximum atomic E-state index is 5.53. The van der Waals surface area contributed by atoms with Gasteiger partial charge in [0.25, 0.3) is 0 Å². The largest absolute Gasteiger partial charge is 0.115 e. The SMILES string of the molecule is C#C/C(=C\C=C(/C)C(=C)C)C(=C)/C(C)=C\C=C/C. The van der Waals surface area contributed by atoms with E-state index in [0.717, 1.165) is 27.9 Å². The average molecular weight is 238 g/mol. The van der Waals surface area contributed by atoms with E-state index in [-0.39, 0.29) is 0 Å². The first-order valence-electron chi connectivity index (χ1n) is 5.94. The number of hydrogen-bond acceptors (Lipinski definition) is 0. The van der Waals surface area contributed by atoms with E-state index in [0.29, 0.717) is 0 Å². The molecule has 0 N–H and O–H groups in total. The van der Waals surface area contributed by atoms with Crippen LogP contribution in [-0.2, 0) is 0 Å². The lowest BCUT2D eigenvalue weighted by Gasteiger charge is -2.05. The van der Waals surface area contributed by atoms with Crippen LogP contribution >= 0.6 is 0 Å². The lowest BCUT2D eigenvalue weighted by Crippen LogP contribution is -1.87. The van der Waals surface area contributed by atoms with Gasteiger partial charge in [-0.05, 0) is 50.5 Å². The molecule has 0 saturated carbocycles. The Morgan fingerprint density at radius 1 is 1.00 bits per heavy atom. The van der Waals surface area contributed by atoms with Crippen molar-refractivity contribution in [2.24, 2.45) is 0 Å². The zero-order chi connectivity index (χ0) is 14.1. The Morgan fingerprint density at radius 3 is 2.06 bits per heavy atom. The van der Waals surface area contributed by atoms with Crippen molar-refractivity contribution in [3.05, 3.63) is 71.4 Å². The number of hydrogen-bond donors (Lipinski definition) is 0. The highest BCUT2D eigenvalue weighted by molar-refractivity contribution is 5.54. The molecule has 0 heteroatoms. The molecule has 0 saturated heterocycles. The summed E-state index contributed by atoms with van der Waals surface area (Å²) in [5.74, 6) is 2.68. The van der Waals surface area contributed by atoms with Crippen LogP contribution in [-0.4, -0.2) is 0 Å². The summed E-state index contributed by atoms with van der Waals surface area (Å²) in [6.07, 6.45) is 15.4. The molecule has 18 heavy (non-hydrogen) atoms. The number of rotatable bonds is 5. The zero-order valence-electron chi connectivity index (χ0n) is 11.9. The normalized spacial score (nSPS) is 13.6. The van der Waals surface area contributed by atoms with Gasteiger partial charge in [-0.1, -0.05) is 49.0 Å². The van der Waals surface area contributed by atoms with Gasteiger partial charge in [0, 0.05) is 5.57 Å². The summed E-state index contributed by atoms with van der Waals surface area (Å²) in [6.45, 7) is 15.9. The van der Waals surface area contributed by atoms with Gasteiger partial charge in [0.2, 0.25) is 0 Å². The summed E-state index contributed by atoms with van der Waals surface area (Å²) in [4.78, 5) is 0. The zero-order valence-corrected chi connectivity index (χ0v) is 11.9. The standard InChI is InChI=1S/C18H22/c1-8-10-11-16(6)17(7)18(9-2)13-12-15(5)14(3)4/h2,8,10-13H,3,7H2,1,4-6H3/b10-8-,15-12+,16-11-,18-13+. The maximum absolute atomic E-state index is 5.53. The molecule has 0 spiro atoms. The van der Waals surface area contributed by atoms with Crippen LogP contribution in [0.1, 0.15) is 27.7 Å². The third kappa shape index (κ3) is 5.37. The van der Waals surface area contributed by atoms with Crippen LogP contribution < -0.4 is 0 Å². The van der Waals surface area contributed by atoms with E-state index in [4.69, 9.17) is 6.42 Å². The van der Waals surface area contributed by atoms with Crippen LogP contribution in [0.4, 0.5) is 0 Å². The Kier molecular flexibility index (Phi) is 7.24. The van der Waals surface area contributed by atoms with E-state index in [1.54, 1.807) is 0 Å². The molecule has 0 bridgehead atoms. The molecule has 0 rings (SSSR count). The van der Waals surface area contributed by atoms with Crippen LogP contribution in [0.2, 0.25) is 0 Å². The van der Waals surface area contributed by atoms with Gasteiger partial charge in [-0.25, -0.2) is 0 Å². The summed E-state index contributed by atoms with van der Waals surface area (Å²) in [5, 5.41) is 0. The van der Waals surface area contributed by atoms with Gasteiger partial charge in [0.15, 0.2) is 0 Å². The van der Waals surface area contributed by atoms with Crippen molar-refractivity contribution in [2.45, 2.75) is 27.7 Å². The average Bonchev–Trinajstić information content (AvgIpc) is 2.35. The minimum absolute atomic E-state index is 0.800. The molecule has 0 aliphatic heterocycles. The predicted octanol–water partition coefficient (Wildman–Crippen LogP) is 5.15. The molecule has 0 aromatic rings. The maximum Gasteiger partial charge on any atom is 0.0311 e. The molecule has 0 unspecified atom stereocenters. The van der Waals surface area contributed by atoms with Crippen molar-refractivity contribution in [1.29, 1.82) is 0 Å². The lowest BCUT2D eigenvalue weighted by atomic mass is 9.99. The fourth-order valence-corrected chi connectivity index (χ4v) is 1.14. The fourth-order valence-electron chi connectivity index (χ4n) is 1.14. The second-order valence-electron chi connectivity index (χ2n) is 4.21. The van der Waals surface area contributed by atoms with Gasteiger partial charge < -0.3 is 0 Å². The van der Waals surface area contributed by atoms with Gasteiger partial charge in [-0.2, -0.15) is 0 Å². The Morgan fingerprint density at radius 2 is 1.61 bits per heavy atom. The highest BCUT2D eigenvalue weighted by Crippen LogP contribution is 2.17. The molecule has 0 heterocycles. The number of terminal acetylenes is 1. The molecule has 0 aliphatic carbocycles. The van der Waals surface area contributed by atoms with Crippen molar-refractivity contribution in [2.75, 3.05) is 0 Å². The molecule has 0 aliphatic rings. The van der Waals surface area contributed by atoms with Gasteiger partial charge in [-0.15, -0.1) is 6.42 Å². The van der Waals surface area contributed by atoms with E-state index in [2.05, 4.69) is 19.1 Å². The highest BCUT2D eigenvalue weighted by atomic mass is 14.0. The van der Waals surface area contributed by atoms with E-state index in [9.17, 15) is 0 Å². The van der Waals surface area contributed by atoms with Crippen LogP contribution in [0, 0.1) is 12.3 Å². The minimum atomic E-state index is 0.800. The summed E-state index contributed by atoms with van der Waals surface area (Å²) in [6, 6.07) is 0. The Balaban J connectivity index is 5.19. The smallest absolute Gasteiger partial charge is 0.0311 e. The molecule has 0 aromatic heterocycles. The molecule has 0 radical (unpaired) electrons. The first-order valence-corrected chi connectivity index (χ1v) is 5.94. The summed E-state index contributed by atoms with van der Waals surface area (Å²) in [5.41, 5.74) is 4.90.